The molecule has 6 rings (SSSR count). The Balaban J connectivity index is 1.10. The van der Waals surface area contributed by atoms with Crippen LogP contribution in [0.4, 0.5) is 16.2 Å². The number of carbonyl (C=O) groups is 1. The molecule has 0 spiro atoms. The van der Waals surface area contributed by atoms with Crippen LogP contribution >= 0.6 is 0 Å². The van der Waals surface area contributed by atoms with Gasteiger partial charge in [-0.1, -0.05) is 35.9 Å². The first-order valence-corrected chi connectivity index (χ1v) is 14.7. The number of aromatic nitrogens is 2. The number of anilines is 2. The van der Waals surface area contributed by atoms with Crippen LogP contribution in [0.2, 0.25) is 0 Å². The third-order valence-electron chi connectivity index (χ3n) is 9.06. The van der Waals surface area contributed by atoms with Crippen molar-refractivity contribution in [1.29, 1.82) is 0 Å². The van der Waals surface area contributed by atoms with E-state index in [0.29, 0.717) is 24.7 Å². The van der Waals surface area contributed by atoms with Crippen LogP contribution in [-0.4, -0.2) is 64.1 Å². The zero-order valence-electron chi connectivity index (χ0n) is 23.6. The smallest absolute Gasteiger partial charge is 0.326 e. The normalized spacial score (nSPS) is 23.0. The zero-order chi connectivity index (χ0) is 26.9. The van der Waals surface area contributed by atoms with Gasteiger partial charge < -0.3 is 14.8 Å². The number of nitrogens with one attached hydrogen (secondary N) is 1. The summed E-state index contributed by atoms with van der Waals surface area (Å²) >= 11 is 0. The number of likely N-dealkylation sites (N-methyl/N-ethyl adjacent to an activating group) is 1. The molecule has 2 saturated heterocycles. The molecular formula is C32H42N6O. The number of para-hydroxylation sites is 1. The standard InChI is InChI=1S/C32H42N6O/c1-23-10-12-25(13-11-23)34-32(39)37(26-8-5-4-6-9-26)18-7-17-36-27-14-15-28(36)21-29(20-27)38-24(2)33-30-22-35(3)19-16-31(30)38/h4-6,8-13,27-29H,7,14-22H2,1-3H3,(H,34,39)/t27-,28+,29?. The quantitative estimate of drug-likeness (QED) is 0.424. The maximum absolute atomic E-state index is 13.4. The number of imidazole rings is 1. The number of carbonyl (C=O) groups excluding carboxylic acids is 1. The molecule has 2 amide bonds. The molecule has 3 aromatic rings. The molecule has 3 atom stereocenters. The third kappa shape index (κ3) is 5.48. The fraction of sp³-hybridized carbons (Fsp3) is 0.500. The fourth-order valence-corrected chi connectivity index (χ4v) is 7.17. The van der Waals surface area contributed by atoms with E-state index in [1.54, 1.807) is 0 Å². The van der Waals surface area contributed by atoms with E-state index in [1.165, 1.54) is 48.5 Å². The number of urea groups is 1. The Morgan fingerprint density at radius 1 is 1.00 bits per heavy atom. The van der Waals surface area contributed by atoms with Gasteiger partial charge in [0.15, 0.2) is 0 Å². The van der Waals surface area contributed by atoms with Crippen molar-refractivity contribution in [2.45, 2.75) is 77.0 Å². The first kappa shape index (κ1) is 26.1. The molecule has 0 radical (unpaired) electrons. The van der Waals surface area contributed by atoms with E-state index in [-0.39, 0.29) is 6.03 Å². The number of benzene rings is 2. The summed E-state index contributed by atoms with van der Waals surface area (Å²) in [5.41, 5.74) is 5.73. The van der Waals surface area contributed by atoms with Gasteiger partial charge in [0.05, 0.1) is 5.69 Å². The zero-order valence-corrected chi connectivity index (χ0v) is 23.6. The number of hydrogen-bond acceptors (Lipinski definition) is 4. The molecule has 3 aliphatic rings. The number of nitrogens with zero attached hydrogens (tertiary/aromatic N) is 5. The molecule has 7 heteroatoms. The monoisotopic (exact) mass is 526 g/mol. The van der Waals surface area contributed by atoms with Gasteiger partial charge in [-0.25, -0.2) is 9.78 Å². The predicted molar refractivity (Wildman–Crippen MR) is 157 cm³/mol. The van der Waals surface area contributed by atoms with Crippen molar-refractivity contribution in [2.24, 2.45) is 0 Å². The highest BCUT2D eigenvalue weighted by atomic mass is 16.2. The van der Waals surface area contributed by atoms with Gasteiger partial charge >= 0.3 is 6.03 Å². The maximum atomic E-state index is 13.4. The van der Waals surface area contributed by atoms with Crippen molar-refractivity contribution >= 4 is 17.4 Å². The molecule has 2 bridgehead atoms. The lowest BCUT2D eigenvalue weighted by molar-refractivity contribution is 0.104. The lowest BCUT2D eigenvalue weighted by Crippen LogP contribution is -2.45. The third-order valence-corrected chi connectivity index (χ3v) is 9.06. The number of piperidine rings is 1. The van der Waals surface area contributed by atoms with Crippen molar-refractivity contribution in [2.75, 3.05) is 36.9 Å². The summed E-state index contributed by atoms with van der Waals surface area (Å²) < 4.78 is 2.61. The van der Waals surface area contributed by atoms with E-state index < -0.39 is 0 Å². The Kier molecular flexibility index (Phi) is 7.45. The molecule has 7 nitrogen and oxygen atoms in total. The summed E-state index contributed by atoms with van der Waals surface area (Å²) in [4.78, 5) is 25.4. The van der Waals surface area contributed by atoms with Crippen molar-refractivity contribution in [1.82, 2.24) is 19.4 Å². The van der Waals surface area contributed by atoms with Gasteiger partial charge in [0.2, 0.25) is 0 Å². The molecule has 206 valence electrons. The number of fused-ring (bicyclic) bond motifs is 3. The second kappa shape index (κ2) is 11.1. The highest BCUT2D eigenvalue weighted by molar-refractivity contribution is 6.01. The highest BCUT2D eigenvalue weighted by Crippen LogP contribution is 2.42. The van der Waals surface area contributed by atoms with E-state index in [2.05, 4.69) is 40.6 Å². The van der Waals surface area contributed by atoms with Crippen molar-refractivity contribution in [3.05, 3.63) is 77.4 Å². The number of aryl methyl sites for hydroxylation is 2. The second-order valence-corrected chi connectivity index (χ2v) is 11.8. The van der Waals surface area contributed by atoms with Gasteiger partial charge in [-0.15, -0.1) is 0 Å². The van der Waals surface area contributed by atoms with E-state index in [0.717, 1.165) is 43.9 Å². The maximum Gasteiger partial charge on any atom is 0.326 e. The van der Waals surface area contributed by atoms with Gasteiger partial charge in [0.25, 0.3) is 0 Å². The molecule has 1 N–H and O–H groups in total. The predicted octanol–water partition coefficient (Wildman–Crippen LogP) is 5.78. The van der Waals surface area contributed by atoms with E-state index in [4.69, 9.17) is 4.98 Å². The van der Waals surface area contributed by atoms with Crippen LogP contribution in [0.15, 0.2) is 54.6 Å². The Bertz CT molecular complexity index is 1270. The minimum Gasteiger partial charge on any atom is -0.329 e. The summed E-state index contributed by atoms with van der Waals surface area (Å²) in [6.45, 7) is 8.09. The molecule has 1 unspecified atom stereocenters. The highest BCUT2D eigenvalue weighted by Gasteiger charge is 2.42. The van der Waals surface area contributed by atoms with Gasteiger partial charge in [0.1, 0.15) is 5.82 Å². The molecule has 1 aromatic heterocycles. The van der Waals surface area contributed by atoms with E-state index in [1.807, 2.05) is 59.5 Å². The summed E-state index contributed by atoms with van der Waals surface area (Å²) in [5, 5.41) is 3.10. The van der Waals surface area contributed by atoms with Crippen LogP contribution in [-0.2, 0) is 13.0 Å². The van der Waals surface area contributed by atoms with Crippen LogP contribution in [0.5, 0.6) is 0 Å². The molecule has 2 aromatic carbocycles. The van der Waals surface area contributed by atoms with Gasteiger partial charge in [-0.2, -0.15) is 0 Å². The Labute approximate surface area is 232 Å². The summed E-state index contributed by atoms with van der Waals surface area (Å²) in [6, 6.07) is 19.8. The summed E-state index contributed by atoms with van der Waals surface area (Å²) in [5.74, 6) is 1.20. The van der Waals surface area contributed by atoms with Crippen LogP contribution in [0.25, 0.3) is 0 Å². The first-order valence-electron chi connectivity index (χ1n) is 14.7. The summed E-state index contributed by atoms with van der Waals surface area (Å²) in [6.07, 6.45) is 7.08. The Morgan fingerprint density at radius 2 is 1.72 bits per heavy atom. The van der Waals surface area contributed by atoms with Crippen molar-refractivity contribution in [3.8, 4) is 0 Å². The topological polar surface area (TPSA) is 56.6 Å². The van der Waals surface area contributed by atoms with Gasteiger partial charge in [-0.05, 0) is 77.3 Å². The Hall–Kier alpha value is -3.16. The fourth-order valence-electron chi connectivity index (χ4n) is 7.17. The lowest BCUT2D eigenvalue weighted by atomic mass is 9.95. The number of amides is 2. The SMILES string of the molecule is Cc1ccc(NC(=O)N(CCCN2[C@@H]3CC[C@H]2CC(n2c(C)nc4c2CCN(C)C4)C3)c2ccccc2)cc1. The minimum absolute atomic E-state index is 0.0715. The molecule has 0 aliphatic carbocycles. The molecule has 0 saturated carbocycles. The van der Waals surface area contributed by atoms with Crippen LogP contribution < -0.4 is 10.2 Å². The van der Waals surface area contributed by atoms with Gasteiger partial charge in [0, 0.05) is 67.8 Å². The second-order valence-electron chi connectivity index (χ2n) is 11.8. The molecule has 3 aliphatic heterocycles. The van der Waals surface area contributed by atoms with Gasteiger partial charge in [-0.3, -0.25) is 9.80 Å². The van der Waals surface area contributed by atoms with E-state index in [9.17, 15) is 4.79 Å². The number of rotatable bonds is 7. The molecule has 4 heterocycles. The van der Waals surface area contributed by atoms with Crippen molar-refractivity contribution in [3.63, 3.8) is 0 Å². The number of hydrogen-bond donors (Lipinski definition) is 1. The summed E-state index contributed by atoms with van der Waals surface area (Å²) in [7, 11) is 2.20. The van der Waals surface area contributed by atoms with Crippen LogP contribution in [0, 0.1) is 13.8 Å². The first-order chi connectivity index (χ1) is 19.0. The van der Waals surface area contributed by atoms with E-state index >= 15 is 0 Å². The van der Waals surface area contributed by atoms with Crippen LogP contribution in [0.3, 0.4) is 0 Å². The molecule has 39 heavy (non-hydrogen) atoms. The largest absolute Gasteiger partial charge is 0.329 e. The van der Waals surface area contributed by atoms with Crippen LogP contribution in [0.1, 0.15) is 60.9 Å². The van der Waals surface area contributed by atoms with Crippen molar-refractivity contribution < 1.29 is 4.79 Å². The average molecular weight is 527 g/mol. The molecule has 2 fully saturated rings. The average Bonchev–Trinajstić information content (AvgIpc) is 3.37. The molecular weight excluding hydrogens is 484 g/mol. The minimum atomic E-state index is -0.0715. The lowest BCUT2D eigenvalue weighted by Gasteiger charge is -2.41. The Morgan fingerprint density at radius 3 is 2.44 bits per heavy atom.